The molecule has 2 rings (SSSR count). The van der Waals surface area contributed by atoms with Crippen molar-refractivity contribution in [2.24, 2.45) is 0 Å². The van der Waals surface area contributed by atoms with Gasteiger partial charge in [0, 0.05) is 17.9 Å². The minimum absolute atomic E-state index is 0.0384. The number of amides is 1. The molecule has 0 atom stereocenters. The van der Waals surface area contributed by atoms with Gasteiger partial charge in [-0.15, -0.1) is 11.8 Å². The summed E-state index contributed by atoms with van der Waals surface area (Å²) in [6.07, 6.45) is 0.266. The van der Waals surface area contributed by atoms with Gasteiger partial charge in [0.1, 0.15) is 23.0 Å². The molecular weight excluding hydrogens is 358 g/mol. The molecule has 0 bridgehead atoms. The summed E-state index contributed by atoms with van der Waals surface area (Å²) < 4.78 is 0. The largest absolute Gasteiger partial charge is 0.383 e. The van der Waals surface area contributed by atoms with Crippen molar-refractivity contribution in [3.63, 3.8) is 0 Å². The Morgan fingerprint density at radius 2 is 2.00 bits per heavy atom. The normalized spacial score (nSPS) is 10.3. The van der Waals surface area contributed by atoms with Gasteiger partial charge in [-0.25, -0.2) is 4.98 Å². The molecule has 27 heavy (non-hydrogen) atoms. The third kappa shape index (κ3) is 4.99. The maximum Gasteiger partial charge on any atom is 0.225 e. The summed E-state index contributed by atoms with van der Waals surface area (Å²) in [6, 6.07) is 11.8. The number of nitrogens with zero attached hydrogens (tertiary/aromatic N) is 3. The van der Waals surface area contributed by atoms with Crippen LogP contribution in [-0.2, 0) is 4.79 Å². The Kier molecular flexibility index (Phi) is 6.81. The van der Waals surface area contributed by atoms with E-state index in [0.717, 1.165) is 11.3 Å². The summed E-state index contributed by atoms with van der Waals surface area (Å²) in [5, 5.41) is 22.2. The number of carbonyl (C=O) groups excluding carboxylic acids is 1. The molecule has 1 aromatic heterocycles. The number of rotatable bonds is 6. The minimum Gasteiger partial charge on any atom is -0.383 e. The lowest BCUT2D eigenvalue weighted by Gasteiger charge is -2.15. The highest BCUT2D eigenvalue weighted by Gasteiger charge is 2.21. The van der Waals surface area contributed by atoms with Crippen LogP contribution in [0.2, 0.25) is 0 Å². The molecule has 0 aliphatic heterocycles. The number of carbonyl (C=O) groups is 1. The average molecular weight is 379 g/mol. The number of nitrogens with two attached hydrogens (primary N) is 1. The van der Waals surface area contributed by atoms with Gasteiger partial charge >= 0.3 is 0 Å². The molecule has 7 heteroatoms. The second-order valence-corrected chi connectivity index (χ2v) is 7.44. The second-order valence-electron chi connectivity index (χ2n) is 6.36. The van der Waals surface area contributed by atoms with Crippen LogP contribution < -0.4 is 11.1 Å². The maximum absolute atomic E-state index is 12.1. The number of aromatic nitrogens is 1. The fourth-order valence-electron chi connectivity index (χ4n) is 2.69. The van der Waals surface area contributed by atoms with Crippen molar-refractivity contribution in [3.05, 3.63) is 46.5 Å². The molecule has 0 radical (unpaired) electrons. The highest BCUT2D eigenvalue weighted by Crippen LogP contribution is 2.33. The Labute approximate surface area is 163 Å². The number of aryl methyl sites for hydroxylation is 1. The van der Waals surface area contributed by atoms with Gasteiger partial charge in [-0.2, -0.15) is 10.5 Å². The van der Waals surface area contributed by atoms with E-state index in [1.165, 1.54) is 11.8 Å². The van der Waals surface area contributed by atoms with E-state index in [2.05, 4.69) is 16.4 Å². The van der Waals surface area contributed by atoms with Gasteiger partial charge < -0.3 is 11.1 Å². The molecule has 138 valence electrons. The number of anilines is 2. The number of thioether (sulfide) groups is 1. The van der Waals surface area contributed by atoms with E-state index in [1.807, 2.05) is 51.1 Å². The van der Waals surface area contributed by atoms with Crippen molar-refractivity contribution >= 4 is 29.2 Å². The highest BCUT2D eigenvalue weighted by atomic mass is 32.2. The van der Waals surface area contributed by atoms with Gasteiger partial charge in [-0.3, -0.25) is 4.79 Å². The quantitative estimate of drug-likeness (QED) is 0.734. The lowest BCUT2D eigenvalue weighted by molar-refractivity contribution is -0.115. The summed E-state index contributed by atoms with van der Waals surface area (Å²) >= 11 is 1.29. The van der Waals surface area contributed by atoms with Gasteiger partial charge in [-0.05, 0) is 36.1 Å². The summed E-state index contributed by atoms with van der Waals surface area (Å²) in [6.45, 7) is 5.77. The zero-order valence-corrected chi connectivity index (χ0v) is 16.4. The van der Waals surface area contributed by atoms with Crippen molar-refractivity contribution in [2.75, 3.05) is 16.8 Å². The van der Waals surface area contributed by atoms with Gasteiger partial charge in [0.15, 0.2) is 0 Å². The van der Waals surface area contributed by atoms with E-state index in [0.29, 0.717) is 21.9 Å². The maximum atomic E-state index is 12.1. The second kappa shape index (κ2) is 9.07. The Balaban J connectivity index is 2.11. The van der Waals surface area contributed by atoms with Crippen molar-refractivity contribution in [3.8, 4) is 12.1 Å². The molecule has 0 spiro atoms. The van der Waals surface area contributed by atoms with Crippen LogP contribution in [0, 0.1) is 29.6 Å². The van der Waals surface area contributed by atoms with E-state index in [4.69, 9.17) is 5.73 Å². The zero-order chi connectivity index (χ0) is 20.0. The lowest BCUT2D eigenvalue weighted by atomic mass is 9.94. The van der Waals surface area contributed by atoms with Crippen LogP contribution in [-0.4, -0.2) is 16.6 Å². The fourth-order valence-corrected chi connectivity index (χ4v) is 3.64. The van der Waals surface area contributed by atoms with Gasteiger partial charge in [0.2, 0.25) is 5.91 Å². The van der Waals surface area contributed by atoms with E-state index in [9.17, 15) is 15.3 Å². The molecule has 2 aromatic rings. The van der Waals surface area contributed by atoms with Crippen LogP contribution >= 0.6 is 11.8 Å². The molecule has 0 saturated heterocycles. The standard InChI is InChI=1S/C20H21N5OS/c1-12(2)18-15(10-21)19(23)25-20(16(18)11-22)27-8-7-17(26)24-14-6-4-5-13(3)9-14/h4-6,9,12H,7-8H2,1-3H3,(H2,23,25)(H,24,26). The molecule has 0 aliphatic carbocycles. The molecule has 0 unspecified atom stereocenters. The molecule has 6 nitrogen and oxygen atoms in total. The van der Waals surface area contributed by atoms with E-state index < -0.39 is 0 Å². The molecule has 3 N–H and O–H groups in total. The number of benzene rings is 1. The van der Waals surface area contributed by atoms with E-state index in [-0.39, 0.29) is 29.6 Å². The molecule has 0 aliphatic rings. The third-order valence-electron chi connectivity index (χ3n) is 3.90. The lowest BCUT2D eigenvalue weighted by Crippen LogP contribution is -2.12. The van der Waals surface area contributed by atoms with Crippen LogP contribution in [0.5, 0.6) is 0 Å². The van der Waals surface area contributed by atoms with Crippen LogP contribution in [0.1, 0.15) is 48.4 Å². The van der Waals surface area contributed by atoms with Crippen LogP contribution in [0.4, 0.5) is 11.5 Å². The SMILES string of the molecule is Cc1cccc(NC(=O)CCSc2nc(N)c(C#N)c(C(C)C)c2C#N)c1. The average Bonchev–Trinajstić information content (AvgIpc) is 2.61. The first kappa shape index (κ1) is 20.3. The Hall–Kier alpha value is -3.03. The Morgan fingerprint density at radius 1 is 1.30 bits per heavy atom. The number of hydrogen-bond acceptors (Lipinski definition) is 6. The highest BCUT2D eigenvalue weighted by molar-refractivity contribution is 7.99. The summed E-state index contributed by atoms with van der Waals surface area (Å²) in [5.74, 6) is 0.412. The van der Waals surface area contributed by atoms with E-state index in [1.54, 1.807) is 0 Å². The van der Waals surface area contributed by atoms with Crippen molar-refractivity contribution in [1.29, 1.82) is 10.5 Å². The topological polar surface area (TPSA) is 116 Å². The predicted molar refractivity (Wildman–Crippen MR) is 107 cm³/mol. The van der Waals surface area contributed by atoms with Gasteiger partial charge in [-0.1, -0.05) is 26.0 Å². The minimum atomic E-state index is -0.114. The third-order valence-corrected chi connectivity index (χ3v) is 4.88. The van der Waals surface area contributed by atoms with Crippen molar-refractivity contribution < 1.29 is 4.79 Å². The Morgan fingerprint density at radius 3 is 2.59 bits per heavy atom. The van der Waals surface area contributed by atoms with E-state index >= 15 is 0 Å². The predicted octanol–water partition coefficient (Wildman–Crippen LogP) is 3.96. The van der Waals surface area contributed by atoms with Crippen LogP contribution in [0.25, 0.3) is 0 Å². The number of nitrogen functional groups attached to an aromatic ring is 1. The zero-order valence-electron chi connectivity index (χ0n) is 15.5. The number of nitrogens with one attached hydrogen (secondary N) is 1. The summed E-state index contributed by atoms with van der Waals surface area (Å²) in [7, 11) is 0. The van der Waals surface area contributed by atoms with Crippen LogP contribution in [0.3, 0.4) is 0 Å². The summed E-state index contributed by atoms with van der Waals surface area (Å²) in [5.41, 5.74) is 8.95. The van der Waals surface area contributed by atoms with Gasteiger partial charge in [0.25, 0.3) is 0 Å². The number of hydrogen-bond donors (Lipinski definition) is 2. The number of nitriles is 2. The summed E-state index contributed by atoms with van der Waals surface area (Å²) in [4.78, 5) is 16.3. The molecular formula is C20H21N5OS. The monoisotopic (exact) mass is 379 g/mol. The molecule has 1 heterocycles. The van der Waals surface area contributed by atoms with Gasteiger partial charge in [0.05, 0.1) is 11.1 Å². The first-order valence-electron chi connectivity index (χ1n) is 8.50. The molecule has 1 aromatic carbocycles. The first-order chi connectivity index (χ1) is 12.9. The van der Waals surface area contributed by atoms with Crippen molar-refractivity contribution in [1.82, 2.24) is 4.98 Å². The molecule has 0 fully saturated rings. The molecule has 1 amide bonds. The Bertz CT molecular complexity index is 941. The first-order valence-corrected chi connectivity index (χ1v) is 9.48. The smallest absolute Gasteiger partial charge is 0.225 e. The van der Waals surface area contributed by atoms with Crippen LogP contribution in [0.15, 0.2) is 29.3 Å². The fraction of sp³-hybridized carbons (Fsp3) is 0.300. The van der Waals surface area contributed by atoms with Crippen molar-refractivity contribution in [2.45, 2.75) is 38.1 Å². The molecule has 0 saturated carbocycles. The number of pyridine rings is 1.